The van der Waals surface area contributed by atoms with Crippen LogP contribution in [0.3, 0.4) is 0 Å². The largest absolute Gasteiger partial charge is 0.497 e. The van der Waals surface area contributed by atoms with Gasteiger partial charge in [0, 0.05) is 24.7 Å². The summed E-state index contributed by atoms with van der Waals surface area (Å²) in [5, 5.41) is 2.80. The molecule has 8 heteroatoms. The number of nitrogens with zero attached hydrogens (tertiary/aromatic N) is 1. The third-order valence-electron chi connectivity index (χ3n) is 4.82. The highest BCUT2D eigenvalue weighted by atomic mass is 32.2. The van der Waals surface area contributed by atoms with Gasteiger partial charge in [0.25, 0.3) is 15.9 Å². The van der Waals surface area contributed by atoms with Crippen LogP contribution in [0, 0.1) is 0 Å². The fourth-order valence-electron chi connectivity index (χ4n) is 3.01. The van der Waals surface area contributed by atoms with Crippen molar-refractivity contribution in [2.45, 2.75) is 11.4 Å². The van der Waals surface area contributed by atoms with Crippen LogP contribution in [0.1, 0.15) is 15.9 Å². The smallest absolute Gasteiger partial charge is 0.264 e. The van der Waals surface area contributed by atoms with Crippen molar-refractivity contribution in [2.75, 3.05) is 25.6 Å². The Morgan fingerprint density at radius 1 is 0.935 bits per heavy atom. The molecule has 3 rings (SSSR count). The predicted octanol–water partition coefficient (Wildman–Crippen LogP) is 3.46. The topological polar surface area (TPSA) is 84.9 Å². The number of amides is 1. The second kappa shape index (κ2) is 9.53. The van der Waals surface area contributed by atoms with Crippen LogP contribution in [0.15, 0.2) is 77.7 Å². The fraction of sp³-hybridized carbons (Fsp3) is 0.174. The van der Waals surface area contributed by atoms with Crippen molar-refractivity contribution in [1.29, 1.82) is 0 Å². The summed E-state index contributed by atoms with van der Waals surface area (Å²) in [6.07, 6.45) is 0. The molecule has 0 unspecified atom stereocenters. The average molecular weight is 441 g/mol. The standard InChI is InChI=1S/C23H24N2O5S/c1-25(19-11-13-20(29-2)14-12-19)31(27,28)21-9-6-8-17(15-21)23(26)24-16-18-7-4-5-10-22(18)30-3/h4-15H,16H2,1-3H3,(H,24,26). The van der Waals surface area contributed by atoms with Crippen molar-refractivity contribution in [3.8, 4) is 11.5 Å². The number of sulfonamides is 1. The van der Waals surface area contributed by atoms with Crippen LogP contribution in [-0.2, 0) is 16.6 Å². The maximum absolute atomic E-state index is 13.1. The summed E-state index contributed by atoms with van der Waals surface area (Å²) in [7, 11) is 0.716. The summed E-state index contributed by atoms with van der Waals surface area (Å²) in [4.78, 5) is 12.7. The fourth-order valence-corrected chi connectivity index (χ4v) is 4.26. The normalized spacial score (nSPS) is 10.9. The lowest BCUT2D eigenvalue weighted by Gasteiger charge is -2.20. The number of benzene rings is 3. The Balaban J connectivity index is 1.78. The van der Waals surface area contributed by atoms with Gasteiger partial charge >= 0.3 is 0 Å². The lowest BCUT2D eigenvalue weighted by atomic mass is 10.2. The van der Waals surface area contributed by atoms with Gasteiger partial charge in [-0.3, -0.25) is 9.10 Å². The van der Waals surface area contributed by atoms with E-state index in [-0.39, 0.29) is 22.9 Å². The van der Waals surface area contributed by atoms with Crippen molar-refractivity contribution in [3.63, 3.8) is 0 Å². The zero-order chi connectivity index (χ0) is 22.4. The first kappa shape index (κ1) is 22.2. The molecular formula is C23H24N2O5S. The van der Waals surface area contributed by atoms with Crippen LogP contribution in [0.5, 0.6) is 11.5 Å². The lowest BCUT2D eigenvalue weighted by Crippen LogP contribution is -2.27. The van der Waals surface area contributed by atoms with Crippen molar-refractivity contribution in [3.05, 3.63) is 83.9 Å². The molecule has 0 radical (unpaired) electrons. The van der Waals surface area contributed by atoms with Crippen molar-refractivity contribution in [1.82, 2.24) is 5.32 Å². The molecule has 1 amide bonds. The van der Waals surface area contributed by atoms with Crippen LogP contribution in [0.25, 0.3) is 0 Å². The van der Waals surface area contributed by atoms with Gasteiger partial charge in [-0.2, -0.15) is 0 Å². The summed E-state index contributed by atoms with van der Waals surface area (Å²) >= 11 is 0. The molecule has 0 saturated carbocycles. The molecule has 0 fully saturated rings. The molecule has 7 nitrogen and oxygen atoms in total. The third-order valence-corrected chi connectivity index (χ3v) is 6.60. The number of rotatable bonds is 8. The van der Waals surface area contributed by atoms with Gasteiger partial charge in [0.15, 0.2) is 0 Å². The molecular weight excluding hydrogens is 416 g/mol. The minimum Gasteiger partial charge on any atom is -0.497 e. The van der Waals surface area contributed by atoms with Gasteiger partial charge in [0.1, 0.15) is 11.5 Å². The Labute approximate surface area is 182 Å². The van der Waals surface area contributed by atoms with Crippen molar-refractivity contribution in [2.24, 2.45) is 0 Å². The first-order chi connectivity index (χ1) is 14.9. The van der Waals surface area contributed by atoms with Crippen LogP contribution < -0.4 is 19.1 Å². The number of methoxy groups -OCH3 is 2. The molecule has 0 heterocycles. The molecule has 31 heavy (non-hydrogen) atoms. The minimum absolute atomic E-state index is 0.0239. The number of hydrogen-bond acceptors (Lipinski definition) is 5. The van der Waals surface area contributed by atoms with Gasteiger partial charge in [-0.1, -0.05) is 24.3 Å². The Morgan fingerprint density at radius 2 is 1.65 bits per heavy atom. The number of carbonyl (C=O) groups is 1. The highest BCUT2D eigenvalue weighted by molar-refractivity contribution is 7.92. The minimum atomic E-state index is -3.85. The van der Waals surface area contributed by atoms with E-state index >= 15 is 0 Å². The molecule has 162 valence electrons. The van der Waals surface area contributed by atoms with Gasteiger partial charge in [0.2, 0.25) is 0 Å². The Morgan fingerprint density at radius 3 is 2.32 bits per heavy atom. The Kier molecular flexibility index (Phi) is 6.81. The summed E-state index contributed by atoms with van der Waals surface area (Å²) in [5.41, 5.74) is 1.55. The molecule has 0 aliphatic carbocycles. The lowest BCUT2D eigenvalue weighted by molar-refractivity contribution is 0.0950. The molecule has 0 aromatic heterocycles. The van der Waals surface area contributed by atoms with E-state index in [4.69, 9.17) is 9.47 Å². The van der Waals surface area contributed by atoms with E-state index in [2.05, 4.69) is 5.32 Å². The van der Waals surface area contributed by atoms with E-state index in [9.17, 15) is 13.2 Å². The molecule has 1 N–H and O–H groups in total. The quantitative estimate of drug-likeness (QED) is 0.580. The first-order valence-corrected chi connectivity index (χ1v) is 10.9. The second-order valence-corrected chi connectivity index (χ2v) is 8.66. The number of hydrogen-bond donors (Lipinski definition) is 1. The molecule has 0 aliphatic rings. The molecule has 0 aliphatic heterocycles. The highest BCUT2D eigenvalue weighted by Crippen LogP contribution is 2.25. The number of ether oxygens (including phenoxy) is 2. The summed E-state index contributed by atoms with van der Waals surface area (Å²) in [6, 6.07) is 20.0. The van der Waals surface area contributed by atoms with Crippen molar-refractivity contribution >= 4 is 21.6 Å². The zero-order valence-electron chi connectivity index (χ0n) is 17.5. The summed E-state index contributed by atoms with van der Waals surface area (Å²) in [6.45, 7) is 0.256. The van der Waals surface area contributed by atoms with E-state index < -0.39 is 10.0 Å². The second-order valence-electron chi connectivity index (χ2n) is 6.69. The number of nitrogens with one attached hydrogen (secondary N) is 1. The SMILES string of the molecule is COc1ccc(N(C)S(=O)(=O)c2cccc(C(=O)NCc3ccccc3OC)c2)cc1. The maximum Gasteiger partial charge on any atom is 0.264 e. The number of para-hydroxylation sites is 1. The molecule has 0 spiro atoms. The zero-order valence-corrected chi connectivity index (χ0v) is 18.3. The number of carbonyl (C=O) groups excluding carboxylic acids is 1. The highest BCUT2D eigenvalue weighted by Gasteiger charge is 2.22. The molecule has 0 atom stereocenters. The van der Waals surface area contributed by atoms with E-state index in [1.54, 1.807) is 50.6 Å². The van der Waals surface area contributed by atoms with Crippen LogP contribution in [0.2, 0.25) is 0 Å². The van der Waals surface area contributed by atoms with E-state index in [1.165, 1.54) is 19.2 Å². The van der Waals surface area contributed by atoms with Gasteiger partial charge in [0.05, 0.1) is 24.8 Å². The number of anilines is 1. The molecule has 3 aromatic carbocycles. The van der Waals surface area contributed by atoms with Crippen LogP contribution in [-0.4, -0.2) is 35.6 Å². The van der Waals surface area contributed by atoms with Crippen molar-refractivity contribution < 1.29 is 22.7 Å². The van der Waals surface area contributed by atoms with Gasteiger partial charge in [-0.15, -0.1) is 0 Å². The van der Waals surface area contributed by atoms with E-state index in [1.807, 2.05) is 24.3 Å². The molecule has 0 bridgehead atoms. The molecule has 0 saturated heterocycles. The summed E-state index contributed by atoms with van der Waals surface area (Å²) < 4.78 is 37.7. The Hall–Kier alpha value is -3.52. The van der Waals surface area contributed by atoms with Gasteiger partial charge < -0.3 is 14.8 Å². The third kappa shape index (κ3) is 4.97. The van der Waals surface area contributed by atoms with Crippen LogP contribution in [0.4, 0.5) is 5.69 Å². The Bertz CT molecular complexity index is 1160. The van der Waals surface area contributed by atoms with E-state index in [0.717, 1.165) is 9.87 Å². The predicted molar refractivity (Wildman–Crippen MR) is 119 cm³/mol. The maximum atomic E-state index is 13.1. The van der Waals surface area contributed by atoms with Gasteiger partial charge in [-0.25, -0.2) is 8.42 Å². The van der Waals surface area contributed by atoms with E-state index in [0.29, 0.717) is 17.2 Å². The average Bonchev–Trinajstić information content (AvgIpc) is 2.82. The van der Waals surface area contributed by atoms with Gasteiger partial charge in [-0.05, 0) is 48.5 Å². The monoisotopic (exact) mass is 440 g/mol. The first-order valence-electron chi connectivity index (χ1n) is 9.50. The van der Waals surface area contributed by atoms with Crippen LogP contribution >= 0.6 is 0 Å². The molecule has 3 aromatic rings. The summed E-state index contributed by atoms with van der Waals surface area (Å²) in [5.74, 6) is 0.915.